The molecule has 0 aliphatic heterocycles. The average molecular weight is 571 g/mol. The van der Waals surface area contributed by atoms with Crippen molar-refractivity contribution in [1.82, 2.24) is 24.3 Å². The third kappa shape index (κ3) is 6.66. The van der Waals surface area contributed by atoms with Crippen LogP contribution in [0.4, 0.5) is 11.6 Å². The van der Waals surface area contributed by atoms with Crippen molar-refractivity contribution in [2.24, 2.45) is 0 Å². The first-order valence-corrected chi connectivity index (χ1v) is 14.2. The van der Waals surface area contributed by atoms with Gasteiger partial charge >= 0.3 is 0 Å². The lowest BCUT2D eigenvalue weighted by atomic mass is 10.1. The van der Waals surface area contributed by atoms with Gasteiger partial charge < -0.3 is 19.7 Å². The number of methoxy groups -OCH3 is 1. The van der Waals surface area contributed by atoms with Crippen LogP contribution in [0.3, 0.4) is 0 Å². The summed E-state index contributed by atoms with van der Waals surface area (Å²) in [4.78, 5) is 16.6. The fraction of sp³-hybridized carbons (Fsp3) is 0.171. The Labute approximate surface area is 251 Å². The van der Waals surface area contributed by atoms with Crippen molar-refractivity contribution in [2.75, 3.05) is 33.1 Å². The van der Waals surface area contributed by atoms with Crippen LogP contribution in [-0.2, 0) is 13.0 Å². The number of hydrogen-bond acceptors (Lipinski definition) is 7. The first-order chi connectivity index (χ1) is 21.1. The van der Waals surface area contributed by atoms with Gasteiger partial charge in [0.15, 0.2) is 0 Å². The molecule has 0 saturated carbocycles. The number of aromatic nitrogens is 4. The Hall–Kier alpha value is -5.21. The molecule has 0 saturated heterocycles. The Bertz CT molecular complexity index is 1810. The summed E-state index contributed by atoms with van der Waals surface area (Å²) in [6.45, 7) is 1.46. The highest BCUT2D eigenvalue weighted by Gasteiger charge is 2.18. The Balaban J connectivity index is 1.26. The molecule has 0 spiro atoms. The number of imidazole rings is 1. The minimum atomic E-state index is 0.470. The van der Waals surface area contributed by atoms with Crippen LogP contribution in [0.15, 0.2) is 109 Å². The summed E-state index contributed by atoms with van der Waals surface area (Å²) in [6, 6.07) is 32.2. The lowest BCUT2D eigenvalue weighted by Crippen LogP contribution is -2.15. The van der Waals surface area contributed by atoms with Crippen LogP contribution in [0.25, 0.3) is 28.3 Å². The van der Waals surface area contributed by atoms with Crippen molar-refractivity contribution in [3.05, 3.63) is 121 Å². The van der Waals surface area contributed by atoms with E-state index in [0.717, 1.165) is 64.0 Å². The van der Waals surface area contributed by atoms with Crippen molar-refractivity contribution >= 4 is 17.3 Å². The topological polar surface area (TPSA) is 76.8 Å². The second kappa shape index (κ2) is 12.8. The smallest absolute Gasteiger partial charge is 0.227 e. The number of anilines is 2. The molecule has 0 aliphatic carbocycles. The molecule has 1 N–H and O–H groups in total. The third-order valence-corrected chi connectivity index (χ3v) is 7.15. The fourth-order valence-corrected chi connectivity index (χ4v) is 4.88. The van der Waals surface area contributed by atoms with E-state index in [-0.39, 0.29) is 0 Å². The number of nitrogens with zero attached hydrogens (tertiary/aromatic N) is 5. The van der Waals surface area contributed by atoms with E-state index in [1.165, 1.54) is 5.56 Å². The molecular formula is C35H34N6O2. The Morgan fingerprint density at radius 1 is 0.814 bits per heavy atom. The quantitative estimate of drug-likeness (QED) is 0.182. The van der Waals surface area contributed by atoms with E-state index in [1.807, 2.05) is 85.1 Å². The van der Waals surface area contributed by atoms with Gasteiger partial charge in [-0.25, -0.2) is 15.0 Å². The van der Waals surface area contributed by atoms with Crippen molar-refractivity contribution in [3.63, 3.8) is 0 Å². The molecule has 3 aromatic heterocycles. The molecule has 8 heteroatoms. The normalized spacial score (nSPS) is 11.2. The minimum Gasteiger partial charge on any atom is -0.497 e. The van der Waals surface area contributed by atoms with Crippen LogP contribution in [0.1, 0.15) is 11.1 Å². The molecule has 0 unspecified atom stereocenters. The molecule has 0 bridgehead atoms. The number of ether oxygens (including phenoxy) is 2. The molecule has 6 rings (SSSR count). The maximum atomic E-state index is 6.04. The van der Waals surface area contributed by atoms with Gasteiger partial charge in [-0.05, 0) is 98.4 Å². The summed E-state index contributed by atoms with van der Waals surface area (Å²) in [6.07, 6.45) is 4.76. The summed E-state index contributed by atoms with van der Waals surface area (Å²) in [5, 5.41) is 3.39. The summed E-state index contributed by atoms with van der Waals surface area (Å²) in [5.41, 5.74) is 7.60. The van der Waals surface area contributed by atoms with Gasteiger partial charge in [0.1, 0.15) is 23.8 Å². The van der Waals surface area contributed by atoms with Crippen LogP contribution >= 0.6 is 0 Å². The maximum absolute atomic E-state index is 6.04. The van der Waals surface area contributed by atoms with E-state index in [4.69, 9.17) is 19.4 Å². The van der Waals surface area contributed by atoms with Gasteiger partial charge in [0.05, 0.1) is 24.2 Å². The van der Waals surface area contributed by atoms with Crippen LogP contribution in [0.5, 0.6) is 11.5 Å². The number of likely N-dealkylation sites (N-methyl/N-ethyl adjacent to an activating group) is 1. The number of benzene rings is 3. The molecular weight excluding hydrogens is 536 g/mol. The van der Waals surface area contributed by atoms with E-state index >= 15 is 0 Å². The van der Waals surface area contributed by atoms with Crippen molar-refractivity contribution in [3.8, 4) is 34.1 Å². The summed E-state index contributed by atoms with van der Waals surface area (Å²) < 4.78 is 13.3. The molecule has 0 fully saturated rings. The lowest BCUT2D eigenvalue weighted by Gasteiger charge is -2.11. The SMILES string of the molecule is COc1ccc(COc2ccc(-c3nc4ccccn4c3-c3ccnc(Nc4cccc(CCN(C)C)c4)n3)cc2)cc1. The molecule has 216 valence electrons. The van der Waals surface area contributed by atoms with E-state index in [9.17, 15) is 0 Å². The maximum Gasteiger partial charge on any atom is 0.227 e. The summed E-state index contributed by atoms with van der Waals surface area (Å²) in [7, 11) is 5.83. The van der Waals surface area contributed by atoms with Crippen molar-refractivity contribution in [1.29, 1.82) is 0 Å². The minimum absolute atomic E-state index is 0.470. The first kappa shape index (κ1) is 27.9. The van der Waals surface area contributed by atoms with Gasteiger partial charge in [-0.2, -0.15) is 0 Å². The number of nitrogens with one attached hydrogen (secondary N) is 1. The highest BCUT2D eigenvalue weighted by molar-refractivity contribution is 5.81. The van der Waals surface area contributed by atoms with Crippen molar-refractivity contribution in [2.45, 2.75) is 13.0 Å². The van der Waals surface area contributed by atoms with Gasteiger partial charge in [-0.15, -0.1) is 0 Å². The number of fused-ring (bicyclic) bond motifs is 1. The molecule has 3 aromatic carbocycles. The second-order valence-corrected chi connectivity index (χ2v) is 10.5. The Kier molecular flexibility index (Phi) is 8.28. The largest absolute Gasteiger partial charge is 0.497 e. The highest BCUT2D eigenvalue weighted by atomic mass is 16.5. The highest BCUT2D eigenvalue weighted by Crippen LogP contribution is 2.33. The van der Waals surface area contributed by atoms with Gasteiger partial charge in [0.25, 0.3) is 0 Å². The molecule has 0 amide bonds. The molecule has 8 nitrogen and oxygen atoms in total. The van der Waals surface area contributed by atoms with Crippen LogP contribution < -0.4 is 14.8 Å². The molecule has 0 aliphatic rings. The second-order valence-electron chi connectivity index (χ2n) is 10.5. The van der Waals surface area contributed by atoms with E-state index in [1.54, 1.807) is 13.3 Å². The average Bonchev–Trinajstić information content (AvgIpc) is 3.43. The Morgan fingerprint density at radius 2 is 1.63 bits per heavy atom. The fourth-order valence-electron chi connectivity index (χ4n) is 4.88. The zero-order valence-electron chi connectivity index (χ0n) is 24.6. The van der Waals surface area contributed by atoms with Crippen LogP contribution in [0.2, 0.25) is 0 Å². The van der Waals surface area contributed by atoms with E-state index in [2.05, 4.69) is 51.9 Å². The van der Waals surface area contributed by atoms with Gasteiger partial charge in [0.2, 0.25) is 5.95 Å². The summed E-state index contributed by atoms with van der Waals surface area (Å²) >= 11 is 0. The predicted molar refractivity (Wildman–Crippen MR) is 171 cm³/mol. The number of hydrogen-bond donors (Lipinski definition) is 1. The molecule has 3 heterocycles. The van der Waals surface area contributed by atoms with Gasteiger partial charge in [-0.1, -0.05) is 30.3 Å². The first-order valence-electron chi connectivity index (χ1n) is 14.2. The number of rotatable bonds is 11. The van der Waals surface area contributed by atoms with E-state index < -0.39 is 0 Å². The van der Waals surface area contributed by atoms with Crippen molar-refractivity contribution < 1.29 is 9.47 Å². The molecule has 0 radical (unpaired) electrons. The predicted octanol–water partition coefficient (Wildman–Crippen LogP) is 6.89. The zero-order valence-corrected chi connectivity index (χ0v) is 24.6. The van der Waals surface area contributed by atoms with Crippen LogP contribution in [-0.4, -0.2) is 52.0 Å². The molecule has 43 heavy (non-hydrogen) atoms. The molecule has 6 aromatic rings. The van der Waals surface area contributed by atoms with Gasteiger partial charge in [-0.3, -0.25) is 4.40 Å². The zero-order chi connectivity index (χ0) is 29.6. The van der Waals surface area contributed by atoms with E-state index in [0.29, 0.717) is 12.6 Å². The lowest BCUT2D eigenvalue weighted by molar-refractivity contribution is 0.306. The third-order valence-electron chi connectivity index (χ3n) is 7.15. The molecule has 0 atom stereocenters. The van der Waals surface area contributed by atoms with Gasteiger partial charge in [0, 0.05) is 30.2 Å². The number of pyridine rings is 1. The monoisotopic (exact) mass is 570 g/mol. The standard InChI is InChI=1S/C35H34N6O2/c1-40(2)22-19-25-7-6-8-28(23-25)37-35-36-20-18-31(38-35)34-33(39-32-9-4-5-21-41(32)34)27-12-16-30(17-13-27)43-24-26-10-14-29(42-3)15-11-26/h4-18,20-21,23H,19,22,24H2,1-3H3,(H,36,37,38). The van der Waals surface area contributed by atoms with Crippen LogP contribution in [0, 0.1) is 0 Å². The summed E-state index contributed by atoms with van der Waals surface area (Å²) in [5.74, 6) is 2.14. The Morgan fingerprint density at radius 3 is 2.42 bits per heavy atom.